The molecule has 1 aromatic carbocycles. The smallest absolute Gasteiger partial charge is 0.317 e. The largest absolute Gasteiger partial charge is 0.508 e. The number of carbonyl (C=O) groups is 1. The molecule has 13 heavy (non-hydrogen) atoms. The maximum atomic E-state index is 10.7. The molecule has 1 heterocycles. The molecule has 2 N–H and O–H groups in total. The Morgan fingerprint density at radius 2 is 2.31 bits per heavy atom. The Labute approximate surface area is 79.4 Å². The van der Waals surface area contributed by atoms with E-state index >= 15 is 0 Å². The molecule has 68 valence electrons. The summed E-state index contributed by atoms with van der Waals surface area (Å²) in [7, 11) is 0. The highest BCUT2D eigenvalue weighted by atomic mass is 32.2. The normalized spacial score (nSPS) is 19.8. The van der Waals surface area contributed by atoms with Gasteiger partial charge in [-0.05, 0) is 30.2 Å². The molecule has 0 saturated heterocycles. The zero-order valence-electron chi connectivity index (χ0n) is 6.73. The maximum absolute atomic E-state index is 10.7. The third-order valence-electron chi connectivity index (χ3n) is 1.99. The Morgan fingerprint density at radius 3 is 3.00 bits per heavy atom. The van der Waals surface area contributed by atoms with E-state index in [1.54, 1.807) is 18.2 Å². The molecule has 1 aliphatic rings. The third kappa shape index (κ3) is 1.49. The molecule has 0 amide bonds. The van der Waals surface area contributed by atoms with Crippen molar-refractivity contribution in [3.05, 3.63) is 23.8 Å². The van der Waals surface area contributed by atoms with Gasteiger partial charge in [0.05, 0.1) is 0 Å². The van der Waals surface area contributed by atoms with E-state index in [0.29, 0.717) is 6.42 Å². The number of fused-ring (bicyclic) bond motifs is 1. The molecule has 1 aliphatic heterocycles. The van der Waals surface area contributed by atoms with Gasteiger partial charge in [-0.25, -0.2) is 0 Å². The van der Waals surface area contributed by atoms with Crippen molar-refractivity contribution in [1.82, 2.24) is 0 Å². The van der Waals surface area contributed by atoms with E-state index in [1.165, 1.54) is 11.8 Å². The van der Waals surface area contributed by atoms with E-state index < -0.39 is 11.2 Å². The van der Waals surface area contributed by atoms with Crippen LogP contribution >= 0.6 is 11.8 Å². The first-order valence-corrected chi connectivity index (χ1v) is 4.76. The molecule has 2 rings (SSSR count). The first kappa shape index (κ1) is 8.44. The van der Waals surface area contributed by atoms with Gasteiger partial charge in [0.2, 0.25) is 0 Å². The molecule has 0 spiro atoms. The van der Waals surface area contributed by atoms with Crippen molar-refractivity contribution in [2.75, 3.05) is 0 Å². The SMILES string of the molecule is O=C(O)C1Cc2cc(O)ccc2S1. The minimum Gasteiger partial charge on any atom is -0.508 e. The van der Waals surface area contributed by atoms with Gasteiger partial charge in [0.25, 0.3) is 0 Å². The van der Waals surface area contributed by atoms with Crippen molar-refractivity contribution in [2.24, 2.45) is 0 Å². The van der Waals surface area contributed by atoms with Gasteiger partial charge in [-0.1, -0.05) is 0 Å². The molecule has 0 bridgehead atoms. The summed E-state index contributed by atoms with van der Waals surface area (Å²) >= 11 is 1.34. The van der Waals surface area contributed by atoms with Crippen LogP contribution in [0.4, 0.5) is 0 Å². The Hall–Kier alpha value is -1.16. The van der Waals surface area contributed by atoms with Crippen molar-refractivity contribution < 1.29 is 15.0 Å². The second-order valence-electron chi connectivity index (χ2n) is 2.94. The van der Waals surface area contributed by atoms with E-state index in [4.69, 9.17) is 10.2 Å². The number of hydrogen-bond donors (Lipinski definition) is 2. The molecule has 1 unspecified atom stereocenters. The van der Waals surface area contributed by atoms with Gasteiger partial charge in [-0.15, -0.1) is 11.8 Å². The van der Waals surface area contributed by atoms with Crippen molar-refractivity contribution >= 4 is 17.7 Å². The van der Waals surface area contributed by atoms with Crippen LogP contribution in [-0.2, 0) is 11.2 Å². The van der Waals surface area contributed by atoms with E-state index in [2.05, 4.69) is 0 Å². The molecule has 1 aromatic rings. The molecular formula is C9H8O3S. The summed E-state index contributed by atoms with van der Waals surface area (Å²) in [6.07, 6.45) is 0.504. The fourth-order valence-electron chi connectivity index (χ4n) is 1.37. The van der Waals surface area contributed by atoms with Crippen LogP contribution in [0.5, 0.6) is 5.75 Å². The molecular weight excluding hydrogens is 188 g/mol. The highest BCUT2D eigenvalue weighted by Crippen LogP contribution is 2.38. The average molecular weight is 196 g/mol. The lowest BCUT2D eigenvalue weighted by Gasteiger charge is -1.97. The van der Waals surface area contributed by atoms with E-state index in [0.717, 1.165) is 10.5 Å². The summed E-state index contributed by atoms with van der Waals surface area (Å²) in [5.74, 6) is -0.592. The summed E-state index contributed by atoms with van der Waals surface area (Å²) in [4.78, 5) is 11.6. The van der Waals surface area contributed by atoms with Crippen molar-refractivity contribution in [2.45, 2.75) is 16.6 Å². The lowest BCUT2D eigenvalue weighted by atomic mass is 10.1. The number of aromatic hydroxyl groups is 1. The fraction of sp³-hybridized carbons (Fsp3) is 0.222. The Morgan fingerprint density at radius 1 is 1.54 bits per heavy atom. The summed E-state index contributed by atoms with van der Waals surface area (Å²) in [6, 6.07) is 4.97. The van der Waals surface area contributed by atoms with E-state index in [-0.39, 0.29) is 5.75 Å². The van der Waals surface area contributed by atoms with Gasteiger partial charge < -0.3 is 10.2 Å². The number of rotatable bonds is 1. The van der Waals surface area contributed by atoms with Crippen LogP contribution in [-0.4, -0.2) is 21.4 Å². The predicted molar refractivity (Wildman–Crippen MR) is 49.1 cm³/mol. The highest BCUT2D eigenvalue weighted by Gasteiger charge is 2.27. The van der Waals surface area contributed by atoms with Crippen LogP contribution in [0, 0.1) is 0 Å². The summed E-state index contributed by atoms with van der Waals surface area (Å²) in [5, 5.41) is 17.5. The Bertz CT molecular complexity index is 362. The van der Waals surface area contributed by atoms with E-state index in [1.807, 2.05) is 0 Å². The number of phenols is 1. The Balaban J connectivity index is 2.30. The second kappa shape index (κ2) is 2.96. The number of thioether (sulfide) groups is 1. The minimum atomic E-state index is -0.791. The zero-order chi connectivity index (χ0) is 9.42. The average Bonchev–Trinajstić information content (AvgIpc) is 2.46. The number of benzene rings is 1. The van der Waals surface area contributed by atoms with Gasteiger partial charge in [-0.2, -0.15) is 0 Å². The van der Waals surface area contributed by atoms with Gasteiger partial charge in [0.15, 0.2) is 0 Å². The molecule has 1 atom stereocenters. The molecule has 0 fully saturated rings. The minimum absolute atomic E-state index is 0.199. The molecule has 0 radical (unpaired) electrons. The molecule has 0 aliphatic carbocycles. The van der Waals surface area contributed by atoms with Crippen LogP contribution in [0.1, 0.15) is 5.56 Å². The topological polar surface area (TPSA) is 57.5 Å². The molecule has 3 nitrogen and oxygen atoms in total. The van der Waals surface area contributed by atoms with Crippen LogP contribution in [0.2, 0.25) is 0 Å². The summed E-state index contributed by atoms with van der Waals surface area (Å²) in [6.45, 7) is 0. The van der Waals surface area contributed by atoms with Gasteiger partial charge in [0.1, 0.15) is 11.0 Å². The van der Waals surface area contributed by atoms with Gasteiger partial charge >= 0.3 is 5.97 Å². The first-order chi connectivity index (χ1) is 6.16. The number of carboxylic acids is 1. The van der Waals surface area contributed by atoms with Gasteiger partial charge in [0, 0.05) is 4.90 Å². The van der Waals surface area contributed by atoms with Crippen molar-refractivity contribution in [3.8, 4) is 5.75 Å². The summed E-state index contributed by atoms with van der Waals surface area (Å²) in [5.41, 5.74) is 0.928. The lowest BCUT2D eigenvalue weighted by Crippen LogP contribution is -2.14. The van der Waals surface area contributed by atoms with Crippen LogP contribution < -0.4 is 0 Å². The summed E-state index contributed by atoms with van der Waals surface area (Å²) < 4.78 is 0. The monoisotopic (exact) mass is 196 g/mol. The van der Waals surface area contributed by atoms with Crippen LogP contribution in [0.25, 0.3) is 0 Å². The second-order valence-corrected chi connectivity index (χ2v) is 4.19. The Kier molecular flexibility index (Phi) is 1.92. The van der Waals surface area contributed by atoms with Crippen molar-refractivity contribution in [1.29, 1.82) is 0 Å². The quantitative estimate of drug-likeness (QED) is 0.714. The predicted octanol–water partition coefficient (Wildman–Crippen LogP) is 1.49. The van der Waals surface area contributed by atoms with Gasteiger partial charge in [-0.3, -0.25) is 4.79 Å². The zero-order valence-corrected chi connectivity index (χ0v) is 7.54. The van der Waals surface area contributed by atoms with Crippen LogP contribution in [0.3, 0.4) is 0 Å². The number of hydrogen-bond acceptors (Lipinski definition) is 3. The fourth-order valence-corrected chi connectivity index (χ4v) is 2.48. The lowest BCUT2D eigenvalue weighted by molar-refractivity contribution is -0.136. The molecule has 4 heteroatoms. The third-order valence-corrected chi connectivity index (χ3v) is 3.30. The van der Waals surface area contributed by atoms with Crippen LogP contribution in [0.15, 0.2) is 23.1 Å². The number of phenolic OH excluding ortho intramolecular Hbond substituents is 1. The maximum Gasteiger partial charge on any atom is 0.317 e. The standard InChI is InChI=1S/C9H8O3S/c10-6-1-2-7-5(3-6)4-8(13-7)9(11)12/h1-3,8,10H,4H2,(H,11,12). The first-order valence-electron chi connectivity index (χ1n) is 3.88. The van der Waals surface area contributed by atoms with E-state index in [9.17, 15) is 4.79 Å². The number of aliphatic carboxylic acids is 1. The van der Waals surface area contributed by atoms with Crippen molar-refractivity contribution in [3.63, 3.8) is 0 Å². The molecule has 0 saturated carbocycles. The number of carboxylic acid groups (broad SMARTS) is 1. The molecule has 0 aromatic heterocycles. The highest BCUT2D eigenvalue weighted by molar-refractivity contribution is 8.01.